The van der Waals surface area contributed by atoms with Crippen molar-refractivity contribution in [2.24, 2.45) is 4.99 Å². The molecular weight excluding hydrogens is 517 g/mol. The largest absolute Gasteiger partial charge is 0.496 e. The molecule has 2 aromatic rings. The van der Waals surface area contributed by atoms with Gasteiger partial charge >= 0.3 is 0 Å². The summed E-state index contributed by atoms with van der Waals surface area (Å²) in [5.74, 6) is 2.88. The molecule has 0 bridgehead atoms. The van der Waals surface area contributed by atoms with E-state index in [1.54, 1.807) is 7.11 Å². The zero-order valence-corrected chi connectivity index (χ0v) is 21.8. The van der Waals surface area contributed by atoms with Crippen molar-refractivity contribution < 1.29 is 14.2 Å². The number of rotatable bonds is 9. The van der Waals surface area contributed by atoms with Gasteiger partial charge in [0.15, 0.2) is 5.96 Å². The van der Waals surface area contributed by atoms with Gasteiger partial charge in [0, 0.05) is 31.0 Å². The Balaban J connectivity index is 0.00000363. The zero-order valence-electron chi connectivity index (χ0n) is 19.5. The number of hydrogen-bond acceptors (Lipinski definition) is 4. The molecule has 1 fully saturated rings. The molecule has 0 aliphatic carbocycles. The van der Waals surface area contributed by atoms with E-state index in [9.17, 15) is 0 Å². The minimum atomic E-state index is 0. The van der Waals surface area contributed by atoms with Gasteiger partial charge in [0.1, 0.15) is 17.6 Å². The van der Waals surface area contributed by atoms with Crippen molar-refractivity contribution in [3.63, 3.8) is 0 Å². The quantitative estimate of drug-likeness (QED) is 0.269. The number of nitrogens with zero attached hydrogens (tertiary/aromatic N) is 1. The van der Waals surface area contributed by atoms with Crippen molar-refractivity contribution in [1.82, 2.24) is 10.6 Å². The molecule has 0 aromatic heterocycles. The smallest absolute Gasteiger partial charge is 0.191 e. The molecule has 0 spiro atoms. The fourth-order valence-electron chi connectivity index (χ4n) is 3.63. The first-order chi connectivity index (χ1) is 15.1. The summed E-state index contributed by atoms with van der Waals surface area (Å²) in [5.41, 5.74) is 3.44. The third-order valence-electron chi connectivity index (χ3n) is 5.40. The zero-order chi connectivity index (χ0) is 22.1. The van der Waals surface area contributed by atoms with Crippen molar-refractivity contribution in [3.05, 3.63) is 59.2 Å². The van der Waals surface area contributed by atoms with Crippen LogP contribution in [0.2, 0.25) is 0 Å². The van der Waals surface area contributed by atoms with Gasteiger partial charge in [-0.15, -0.1) is 24.0 Å². The summed E-state index contributed by atoms with van der Waals surface area (Å²) in [6, 6.07) is 14.4. The molecule has 1 aliphatic heterocycles. The predicted molar refractivity (Wildman–Crippen MR) is 141 cm³/mol. The first-order valence-electron chi connectivity index (χ1n) is 11.1. The lowest BCUT2D eigenvalue weighted by Crippen LogP contribution is -2.39. The van der Waals surface area contributed by atoms with Crippen LogP contribution < -0.4 is 20.1 Å². The van der Waals surface area contributed by atoms with Crippen LogP contribution in [-0.2, 0) is 11.3 Å². The second-order valence-electron chi connectivity index (χ2n) is 7.93. The monoisotopic (exact) mass is 553 g/mol. The molecule has 2 unspecified atom stereocenters. The lowest BCUT2D eigenvalue weighted by atomic mass is 10.0. The third kappa shape index (κ3) is 7.55. The molecule has 1 heterocycles. The van der Waals surface area contributed by atoms with Crippen LogP contribution in [0.1, 0.15) is 42.9 Å². The minimum Gasteiger partial charge on any atom is -0.496 e. The van der Waals surface area contributed by atoms with Gasteiger partial charge in [-0.3, -0.25) is 0 Å². The number of halogens is 1. The molecule has 176 valence electrons. The van der Waals surface area contributed by atoms with E-state index < -0.39 is 0 Å². The number of ether oxygens (including phenoxy) is 3. The van der Waals surface area contributed by atoms with E-state index in [2.05, 4.69) is 55.7 Å². The summed E-state index contributed by atoms with van der Waals surface area (Å²) in [6.07, 6.45) is 1.05. The fourth-order valence-corrected chi connectivity index (χ4v) is 3.63. The number of aryl methyl sites for hydroxylation is 1. The van der Waals surface area contributed by atoms with Crippen LogP contribution in [0.15, 0.2) is 47.5 Å². The van der Waals surface area contributed by atoms with Gasteiger partial charge in [-0.25, -0.2) is 4.99 Å². The SMILES string of the molecule is CCNC(=NCc1ccc(C)cc1OC1CCOC1)NCC(C)c1ccccc1OC.I. The van der Waals surface area contributed by atoms with Crippen LogP contribution >= 0.6 is 24.0 Å². The Kier molecular flexibility index (Phi) is 11.1. The number of nitrogens with one attached hydrogen (secondary N) is 2. The highest BCUT2D eigenvalue weighted by Gasteiger charge is 2.19. The molecular formula is C25H36IN3O3. The van der Waals surface area contributed by atoms with Crippen LogP contribution in [0.3, 0.4) is 0 Å². The molecule has 3 rings (SSSR count). The maximum atomic E-state index is 6.21. The highest BCUT2D eigenvalue weighted by atomic mass is 127. The molecule has 2 atom stereocenters. The summed E-state index contributed by atoms with van der Waals surface area (Å²) in [4.78, 5) is 4.81. The summed E-state index contributed by atoms with van der Waals surface area (Å²) in [6.45, 7) is 9.85. The number of aliphatic imine (C=N–C) groups is 1. The van der Waals surface area contributed by atoms with Crippen molar-refractivity contribution in [3.8, 4) is 11.5 Å². The number of guanidine groups is 1. The standard InChI is InChI=1S/C25H35N3O3.HI/c1-5-26-25(27-15-19(3)22-8-6-7-9-23(22)29-4)28-16-20-11-10-18(2)14-24(20)31-21-12-13-30-17-21;/h6-11,14,19,21H,5,12-13,15-17H2,1-4H3,(H2,26,27,28);1H. The topological polar surface area (TPSA) is 64.1 Å². The molecule has 0 amide bonds. The molecule has 2 N–H and O–H groups in total. The molecule has 2 aromatic carbocycles. The number of hydrogen-bond donors (Lipinski definition) is 2. The molecule has 32 heavy (non-hydrogen) atoms. The van der Waals surface area contributed by atoms with Crippen LogP contribution in [0.4, 0.5) is 0 Å². The van der Waals surface area contributed by atoms with E-state index in [0.29, 0.717) is 13.2 Å². The summed E-state index contributed by atoms with van der Waals surface area (Å²) in [5, 5.41) is 6.81. The molecule has 1 saturated heterocycles. The first-order valence-corrected chi connectivity index (χ1v) is 11.1. The van der Waals surface area contributed by atoms with E-state index in [1.165, 1.54) is 11.1 Å². The molecule has 1 aliphatic rings. The highest BCUT2D eigenvalue weighted by molar-refractivity contribution is 14.0. The fraction of sp³-hybridized carbons (Fsp3) is 0.480. The minimum absolute atomic E-state index is 0. The van der Waals surface area contributed by atoms with E-state index >= 15 is 0 Å². The van der Waals surface area contributed by atoms with Gasteiger partial charge in [-0.05, 0) is 37.1 Å². The maximum Gasteiger partial charge on any atom is 0.191 e. The predicted octanol–water partition coefficient (Wildman–Crippen LogP) is 4.65. The normalized spacial score (nSPS) is 16.8. The van der Waals surface area contributed by atoms with Gasteiger partial charge in [0.05, 0.1) is 26.9 Å². The average Bonchev–Trinajstić information content (AvgIpc) is 3.29. The van der Waals surface area contributed by atoms with E-state index in [1.807, 2.05) is 18.2 Å². The van der Waals surface area contributed by atoms with Crippen molar-refractivity contribution >= 4 is 29.9 Å². The Morgan fingerprint density at radius 2 is 2.00 bits per heavy atom. The highest BCUT2D eigenvalue weighted by Crippen LogP contribution is 2.26. The van der Waals surface area contributed by atoms with Crippen molar-refractivity contribution in [2.75, 3.05) is 33.4 Å². The van der Waals surface area contributed by atoms with Crippen LogP contribution in [-0.4, -0.2) is 45.5 Å². The molecule has 0 saturated carbocycles. The lowest BCUT2D eigenvalue weighted by molar-refractivity contribution is 0.140. The second-order valence-corrected chi connectivity index (χ2v) is 7.93. The Bertz CT molecular complexity index is 869. The summed E-state index contributed by atoms with van der Waals surface area (Å²) >= 11 is 0. The Hall–Kier alpha value is -2.00. The van der Waals surface area contributed by atoms with E-state index in [0.717, 1.165) is 49.1 Å². The number of para-hydroxylation sites is 1. The van der Waals surface area contributed by atoms with Gasteiger partial charge in [0.2, 0.25) is 0 Å². The molecule has 6 nitrogen and oxygen atoms in total. The molecule has 7 heteroatoms. The first kappa shape index (κ1) is 26.3. The number of methoxy groups -OCH3 is 1. The van der Waals surface area contributed by atoms with Gasteiger partial charge < -0.3 is 24.8 Å². The lowest BCUT2D eigenvalue weighted by Gasteiger charge is -2.19. The summed E-state index contributed by atoms with van der Waals surface area (Å²) < 4.78 is 17.2. The van der Waals surface area contributed by atoms with E-state index in [4.69, 9.17) is 19.2 Å². The van der Waals surface area contributed by atoms with Crippen LogP contribution in [0.25, 0.3) is 0 Å². The molecule has 0 radical (unpaired) electrons. The Morgan fingerprint density at radius 3 is 2.72 bits per heavy atom. The average molecular weight is 553 g/mol. The third-order valence-corrected chi connectivity index (χ3v) is 5.40. The summed E-state index contributed by atoms with van der Waals surface area (Å²) in [7, 11) is 1.71. The van der Waals surface area contributed by atoms with Crippen LogP contribution in [0.5, 0.6) is 11.5 Å². The van der Waals surface area contributed by atoms with Crippen molar-refractivity contribution in [2.45, 2.75) is 45.8 Å². The Labute approximate surface area is 209 Å². The Morgan fingerprint density at radius 1 is 1.19 bits per heavy atom. The van der Waals surface area contributed by atoms with Gasteiger partial charge in [-0.2, -0.15) is 0 Å². The van der Waals surface area contributed by atoms with Gasteiger partial charge in [-0.1, -0.05) is 37.3 Å². The maximum absolute atomic E-state index is 6.21. The van der Waals surface area contributed by atoms with Crippen LogP contribution in [0, 0.1) is 6.92 Å². The van der Waals surface area contributed by atoms with Gasteiger partial charge in [0.25, 0.3) is 0 Å². The van der Waals surface area contributed by atoms with Crippen molar-refractivity contribution in [1.29, 1.82) is 0 Å². The second kappa shape index (κ2) is 13.5. The number of benzene rings is 2. The van der Waals surface area contributed by atoms with E-state index in [-0.39, 0.29) is 36.0 Å².